The molecule has 3 aliphatic rings. The molecule has 8 heteroatoms. The van der Waals surface area contributed by atoms with E-state index in [1.54, 1.807) is 18.0 Å². The van der Waals surface area contributed by atoms with E-state index in [1.165, 1.54) is 32.0 Å². The number of rotatable bonds is 4. The number of amides is 1. The number of carbonyl (C=O) groups excluding carboxylic acids is 2. The molecule has 3 aliphatic heterocycles. The van der Waals surface area contributed by atoms with Gasteiger partial charge in [-0.05, 0) is 30.7 Å². The first-order valence-corrected chi connectivity index (χ1v) is 12.2. The lowest BCUT2D eigenvalue weighted by Crippen LogP contribution is -2.48. The van der Waals surface area contributed by atoms with Crippen molar-refractivity contribution in [2.45, 2.75) is 39.2 Å². The van der Waals surface area contributed by atoms with Gasteiger partial charge in [0.15, 0.2) is 5.78 Å². The molecule has 0 bridgehead atoms. The number of halogens is 1. The van der Waals surface area contributed by atoms with Crippen LogP contribution < -0.4 is 9.75 Å². The number of anilines is 1. The van der Waals surface area contributed by atoms with Gasteiger partial charge in [-0.3, -0.25) is 19.5 Å². The minimum Gasteiger partial charge on any atom is -0.489 e. The van der Waals surface area contributed by atoms with Crippen molar-refractivity contribution in [3.8, 4) is 5.75 Å². The Hall–Kier alpha value is -3.26. The zero-order valence-electron chi connectivity index (χ0n) is 20.6. The van der Waals surface area contributed by atoms with Gasteiger partial charge < -0.3 is 9.64 Å². The van der Waals surface area contributed by atoms with E-state index in [1.807, 2.05) is 35.2 Å². The van der Waals surface area contributed by atoms with Crippen molar-refractivity contribution in [2.24, 2.45) is 5.10 Å². The highest BCUT2D eigenvalue weighted by atomic mass is 19.1. The zero-order valence-corrected chi connectivity index (χ0v) is 20.6. The molecule has 0 N–H and O–H groups in total. The molecule has 2 aromatic rings. The van der Waals surface area contributed by atoms with Gasteiger partial charge >= 0.3 is 0 Å². The summed E-state index contributed by atoms with van der Waals surface area (Å²) in [5.74, 6) is 0.196. The standard InChI is InChI=1S/C18H15FN2O2.C9H18N2O/c1-11(22)18-17(12-5-3-2-4-6-12)15-10-23-16-8-7-13(19)9-14(16)21(15)20-18;1-3-4-10-5-7-11(8-6-10)9(2)12/h2-9,15,17H,10H2,1H3;3-8H2,1-2H3/t15?,17-;/m1./s1. The monoisotopic (exact) mass is 480 g/mol. The maximum Gasteiger partial charge on any atom is 0.219 e. The molecule has 186 valence electrons. The van der Waals surface area contributed by atoms with E-state index in [9.17, 15) is 14.0 Å². The summed E-state index contributed by atoms with van der Waals surface area (Å²) in [6, 6.07) is 14.0. The number of hydrogen-bond donors (Lipinski definition) is 0. The van der Waals surface area contributed by atoms with Crippen LogP contribution in [0.3, 0.4) is 0 Å². The van der Waals surface area contributed by atoms with Crippen LogP contribution in [-0.4, -0.2) is 72.6 Å². The van der Waals surface area contributed by atoms with Crippen LogP contribution in [0.25, 0.3) is 0 Å². The molecule has 1 unspecified atom stereocenters. The van der Waals surface area contributed by atoms with Crippen molar-refractivity contribution in [1.82, 2.24) is 9.80 Å². The van der Waals surface area contributed by atoms with Crippen LogP contribution in [0.1, 0.15) is 38.7 Å². The molecule has 2 atom stereocenters. The molecule has 3 heterocycles. The van der Waals surface area contributed by atoms with E-state index in [-0.39, 0.29) is 29.5 Å². The fraction of sp³-hybridized carbons (Fsp3) is 0.444. The van der Waals surface area contributed by atoms with Crippen molar-refractivity contribution in [3.05, 3.63) is 59.9 Å². The van der Waals surface area contributed by atoms with Gasteiger partial charge in [-0.15, -0.1) is 0 Å². The molecule has 1 saturated heterocycles. The second-order valence-electron chi connectivity index (χ2n) is 9.11. The summed E-state index contributed by atoms with van der Waals surface area (Å²) in [7, 11) is 0. The summed E-state index contributed by atoms with van der Waals surface area (Å²) < 4.78 is 19.4. The third-order valence-electron chi connectivity index (χ3n) is 6.66. The molecule has 0 spiro atoms. The largest absolute Gasteiger partial charge is 0.489 e. The Labute approximate surface area is 206 Å². The van der Waals surface area contributed by atoms with E-state index in [0.29, 0.717) is 23.8 Å². The number of hydrogen-bond acceptors (Lipinski definition) is 6. The van der Waals surface area contributed by atoms with Gasteiger partial charge in [-0.1, -0.05) is 37.3 Å². The third kappa shape index (κ3) is 5.53. The van der Waals surface area contributed by atoms with Crippen LogP contribution in [0, 0.1) is 5.82 Å². The Morgan fingerprint density at radius 3 is 2.40 bits per heavy atom. The van der Waals surface area contributed by atoms with Crippen molar-refractivity contribution in [2.75, 3.05) is 44.3 Å². The highest BCUT2D eigenvalue weighted by Gasteiger charge is 2.44. The highest BCUT2D eigenvalue weighted by Crippen LogP contribution is 2.42. The van der Waals surface area contributed by atoms with Crippen molar-refractivity contribution < 1.29 is 18.7 Å². The van der Waals surface area contributed by atoms with Crippen LogP contribution in [-0.2, 0) is 9.59 Å². The maximum atomic E-state index is 13.6. The number of nitrogens with zero attached hydrogens (tertiary/aromatic N) is 4. The Kier molecular flexibility index (Phi) is 7.80. The van der Waals surface area contributed by atoms with Gasteiger partial charge in [-0.25, -0.2) is 4.39 Å². The molecule has 0 aromatic heterocycles. The number of benzene rings is 2. The second-order valence-corrected chi connectivity index (χ2v) is 9.11. The number of piperazine rings is 1. The van der Waals surface area contributed by atoms with Gasteiger partial charge in [-0.2, -0.15) is 5.10 Å². The summed E-state index contributed by atoms with van der Waals surface area (Å²) in [5, 5.41) is 6.24. The quantitative estimate of drug-likeness (QED) is 0.668. The second kappa shape index (κ2) is 11.0. The Bertz CT molecular complexity index is 1080. The van der Waals surface area contributed by atoms with E-state index in [4.69, 9.17) is 4.74 Å². The molecule has 0 radical (unpaired) electrons. The first kappa shape index (κ1) is 24.9. The minimum absolute atomic E-state index is 0.0776. The molecule has 7 nitrogen and oxygen atoms in total. The fourth-order valence-corrected chi connectivity index (χ4v) is 4.87. The van der Waals surface area contributed by atoms with Gasteiger partial charge in [0.1, 0.15) is 29.6 Å². The maximum absolute atomic E-state index is 13.6. The number of carbonyl (C=O) groups is 2. The van der Waals surface area contributed by atoms with Gasteiger partial charge in [0.25, 0.3) is 0 Å². The SMILES string of the molecule is CC(=O)C1=NN2c3cc(F)ccc3OCC2[C@H]1c1ccccc1.CCCN1CCN(C(C)=O)CC1. The minimum atomic E-state index is -0.351. The zero-order chi connectivity index (χ0) is 24.9. The van der Waals surface area contributed by atoms with Gasteiger partial charge in [0.05, 0.1) is 12.0 Å². The third-order valence-corrected chi connectivity index (χ3v) is 6.66. The van der Waals surface area contributed by atoms with Crippen LogP contribution in [0.5, 0.6) is 5.75 Å². The van der Waals surface area contributed by atoms with E-state index in [2.05, 4.69) is 16.9 Å². The Balaban J connectivity index is 0.000000204. The predicted molar refractivity (Wildman–Crippen MR) is 134 cm³/mol. The van der Waals surface area contributed by atoms with E-state index < -0.39 is 0 Å². The summed E-state index contributed by atoms with van der Waals surface area (Å²) >= 11 is 0. The molecule has 1 fully saturated rings. The molecule has 35 heavy (non-hydrogen) atoms. The topological polar surface area (TPSA) is 65.5 Å². The smallest absolute Gasteiger partial charge is 0.219 e. The molecular weight excluding hydrogens is 447 g/mol. The number of ketones is 1. The van der Waals surface area contributed by atoms with E-state index >= 15 is 0 Å². The van der Waals surface area contributed by atoms with Gasteiger partial charge in [0.2, 0.25) is 5.91 Å². The van der Waals surface area contributed by atoms with Crippen molar-refractivity contribution in [3.63, 3.8) is 0 Å². The molecule has 2 aromatic carbocycles. The number of hydrazone groups is 1. The van der Waals surface area contributed by atoms with E-state index in [0.717, 1.165) is 31.7 Å². The number of ether oxygens (including phenoxy) is 1. The lowest BCUT2D eigenvalue weighted by Gasteiger charge is -2.33. The molecule has 0 saturated carbocycles. The first-order valence-electron chi connectivity index (χ1n) is 12.2. The average molecular weight is 481 g/mol. The summed E-state index contributed by atoms with van der Waals surface area (Å²) in [5.41, 5.74) is 2.07. The Morgan fingerprint density at radius 2 is 1.77 bits per heavy atom. The van der Waals surface area contributed by atoms with Crippen molar-refractivity contribution >= 4 is 23.1 Å². The van der Waals surface area contributed by atoms with Gasteiger partial charge in [0, 0.05) is 46.1 Å². The first-order chi connectivity index (χ1) is 16.9. The number of Topliss-reactive ketones (excluding diaryl/α,β-unsaturated/α-hetero) is 1. The van der Waals surface area contributed by atoms with Crippen LogP contribution in [0.15, 0.2) is 53.6 Å². The van der Waals surface area contributed by atoms with Crippen LogP contribution >= 0.6 is 0 Å². The molecule has 0 aliphatic carbocycles. The fourth-order valence-electron chi connectivity index (χ4n) is 4.87. The number of fused-ring (bicyclic) bond motifs is 3. The summed E-state index contributed by atoms with van der Waals surface area (Å²) in [6.07, 6.45) is 1.21. The predicted octanol–water partition coefficient (Wildman–Crippen LogP) is 3.70. The average Bonchev–Trinajstić information content (AvgIpc) is 3.26. The Morgan fingerprint density at radius 1 is 1.06 bits per heavy atom. The summed E-state index contributed by atoms with van der Waals surface area (Å²) in [6.45, 7) is 10.9. The molecular formula is C27H33FN4O3. The molecule has 5 rings (SSSR count). The van der Waals surface area contributed by atoms with Crippen LogP contribution in [0.2, 0.25) is 0 Å². The normalized spacial score (nSPS) is 21.2. The summed E-state index contributed by atoms with van der Waals surface area (Å²) in [4.78, 5) is 27.4. The van der Waals surface area contributed by atoms with Crippen molar-refractivity contribution in [1.29, 1.82) is 0 Å². The highest BCUT2D eigenvalue weighted by molar-refractivity contribution is 6.42. The lowest BCUT2D eigenvalue weighted by molar-refractivity contribution is -0.130. The van der Waals surface area contributed by atoms with Crippen LogP contribution in [0.4, 0.5) is 10.1 Å². The lowest BCUT2D eigenvalue weighted by atomic mass is 9.86. The molecule has 1 amide bonds.